The molecule has 1 rings (SSSR count). The SMILES string of the molecule is [C-]#[N+][C@@H](CC)c1ccccc1. The number of benzene rings is 1. The standard InChI is InChI=1S/C10H11N/c1-3-10(11-2)9-7-5-4-6-8-9/h4-8,10H,3H2,1H3/t10-/m0/s1. The Morgan fingerprint density at radius 3 is 2.45 bits per heavy atom. The highest BCUT2D eigenvalue weighted by Gasteiger charge is 2.10. The summed E-state index contributed by atoms with van der Waals surface area (Å²) in [5, 5.41) is 0. The third kappa shape index (κ3) is 1.81. The van der Waals surface area contributed by atoms with Crippen molar-refractivity contribution in [3.63, 3.8) is 0 Å². The van der Waals surface area contributed by atoms with Gasteiger partial charge < -0.3 is 4.85 Å². The van der Waals surface area contributed by atoms with Crippen LogP contribution in [-0.2, 0) is 0 Å². The fraction of sp³-hybridized carbons (Fsp3) is 0.300. The molecule has 0 spiro atoms. The molecule has 0 aliphatic carbocycles. The van der Waals surface area contributed by atoms with Gasteiger partial charge in [-0.2, -0.15) is 0 Å². The van der Waals surface area contributed by atoms with Gasteiger partial charge in [0, 0.05) is 12.0 Å². The van der Waals surface area contributed by atoms with Crippen molar-refractivity contribution in [3.05, 3.63) is 47.3 Å². The second-order valence-corrected chi connectivity index (χ2v) is 2.46. The average Bonchev–Trinajstić information content (AvgIpc) is 2.09. The smallest absolute Gasteiger partial charge is 0.248 e. The Bertz CT molecular complexity index is 245. The van der Waals surface area contributed by atoms with Crippen molar-refractivity contribution < 1.29 is 0 Å². The van der Waals surface area contributed by atoms with Gasteiger partial charge in [0.15, 0.2) is 0 Å². The van der Waals surface area contributed by atoms with Crippen molar-refractivity contribution in [3.8, 4) is 0 Å². The molecule has 0 aliphatic heterocycles. The molecule has 0 heterocycles. The van der Waals surface area contributed by atoms with Crippen molar-refractivity contribution in [2.75, 3.05) is 0 Å². The van der Waals surface area contributed by atoms with E-state index < -0.39 is 0 Å². The van der Waals surface area contributed by atoms with E-state index in [2.05, 4.69) is 4.85 Å². The largest absolute Gasteiger partial charge is 0.309 e. The number of hydrogen-bond acceptors (Lipinski definition) is 0. The molecule has 56 valence electrons. The van der Waals surface area contributed by atoms with Gasteiger partial charge in [-0.1, -0.05) is 37.3 Å². The summed E-state index contributed by atoms with van der Waals surface area (Å²) in [7, 11) is 0. The Morgan fingerprint density at radius 2 is 2.00 bits per heavy atom. The average molecular weight is 145 g/mol. The van der Waals surface area contributed by atoms with Gasteiger partial charge in [-0.25, -0.2) is 6.57 Å². The summed E-state index contributed by atoms with van der Waals surface area (Å²) in [6.45, 7) is 8.96. The van der Waals surface area contributed by atoms with Gasteiger partial charge in [-0.3, -0.25) is 0 Å². The van der Waals surface area contributed by atoms with Gasteiger partial charge in [0.25, 0.3) is 0 Å². The molecule has 0 saturated carbocycles. The van der Waals surface area contributed by atoms with E-state index in [1.807, 2.05) is 37.3 Å². The quantitative estimate of drug-likeness (QED) is 0.563. The zero-order valence-corrected chi connectivity index (χ0v) is 6.62. The predicted molar refractivity (Wildman–Crippen MR) is 46.1 cm³/mol. The Morgan fingerprint density at radius 1 is 1.36 bits per heavy atom. The van der Waals surface area contributed by atoms with Crippen molar-refractivity contribution >= 4 is 0 Å². The van der Waals surface area contributed by atoms with Gasteiger partial charge in [-0.15, -0.1) is 0 Å². The molecular formula is C10H11N. The molecule has 1 aromatic rings. The molecule has 0 amide bonds. The zero-order valence-electron chi connectivity index (χ0n) is 6.62. The third-order valence-electron chi connectivity index (χ3n) is 1.73. The molecule has 0 saturated heterocycles. The van der Waals surface area contributed by atoms with E-state index >= 15 is 0 Å². The van der Waals surface area contributed by atoms with Crippen molar-refractivity contribution in [1.82, 2.24) is 0 Å². The van der Waals surface area contributed by atoms with E-state index in [4.69, 9.17) is 6.57 Å². The Kier molecular flexibility index (Phi) is 2.68. The van der Waals surface area contributed by atoms with Crippen LogP contribution >= 0.6 is 0 Å². The summed E-state index contributed by atoms with van der Waals surface area (Å²) in [6, 6.07) is 9.99. The van der Waals surface area contributed by atoms with E-state index in [0.29, 0.717) is 0 Å². The van der Waals surface area contributed by atoms with Crippen LogP contribution in [0.4, 0.5) is 0 Å². The molecule has 1 aromatic carbocycles. The highest BCUT2D eigenvalue weighted by molar-refractivity contribution is 5.20. The molecule has 0 aliphatic rings. The van der Waals surface area contributed by atoms with E-state index in [-0.39, 0.29) is 6.04 Å². The molecule has 0 aromatic heterocycles. The van der Waals surface area contributed by atoms with E-state index in [0.717, 1.165) is 12.0 Å². The van der Waals surface area contributed by atoms with Gasteiger partial charge in [0.2, 0.25) is 6.04 Å². The maximum Gasteiger partial charge on any atom is 0.248 e. The number of rotatable bonds is 2. The van der Waals surface area contributed by atoms with Crippen LogP contribution < -0.4 is 0 Å². The van der Waals surface area contributed by atoms with Gasteiger partial charge in [0.05, 0.1) is 0 Å². The lowest BCUT2D eigenvalue weighted by atomic mass is 10.1. The molecule has 1 atom stereocenters. The number of hydrogen-bond donors (Lipinski definition) is 0. The third-order valence-corrected chi connectivity index (χ3v) is 1.73. The minimum Gasteiger partial charge on any atom is -0.309 e. The summed E-state index contributed by atoms with van der Waals surface area (Å²) >= 11 is 0. The van der Waals surface area contributed by atoms with E-state index in [1.54, 1.807) is 0 Å². The van der Waals surface area contributed by atoms with Gasteiger partial charge >= 0.3 is 0 Å². The first-order valence-electron chi connectivity index (χ1n) is 3.80. The van der Waals surface area contributed by atoms with Crippen molar-refractivity contribution in [2.24, 2.45) is 0 Å². The van der Waals surface area contributed by atoms with Gasteiger partial charge in [-0.05, 0) is 0 Å². The van der Waals surface area contributed by atoms with Crippen LogP contribution in [0.25, 0.3) is 4.85 Å². The molecule has 0 bridgehead atoms. The fourth-order valence-electron chi connectivity index (χ4n) is 1.08. The first-order valence-corrected chi connectivity index (χ1v) is 3.80. The number of nitrogens with zero attached hydrogens (tertiary/aromatic N) is 1. The Balaban J connectivity index is 2.85. The predicted octanol–water partition coefficient (Wildman–Crippen LogP) is 3.06. The van der Waals surface area contributed by atoms with Crippen LogP contribution in [0.3, 0.4) is 0 Å². The van der Waals surface area contributed by atoms with Crippen molar-refractivity contribution in [2.45, 2.75) is 19.4 Å². The molecule has 0 unspecified atom stereocenters. The summed E-state index contributed by atoms with van der Waals surface area (Å²) in [6.07, 6.45) is 0.896. The van der Waals surface area contributed by atoms with Crippen LogP contribution in [0.5, 0.6) is 0 Å². The van der Waals surface area contributed by atoms with Crippen LogP contribution in [0.2, 0.25) is 0 Å². The Labute approximate surface area is 67.5 Å². The lowest BCUT2D eigenvalue weighted by Crippen LogP contribution is -1.88. The zero-order chi connectivity index (χ0) is 8.10. The van der Waals surface area contributed by atoms with Crippen LogP contribution in [0.1, 0.15) is 24.9 Å². The Hall–Kier alpha value is -1.29. The second-order valence-electron chi connectivity index (χ2n) is 2.46. The molecule has 11 heavy (non-hydrogen) atoms. The normalized spacial score (nSPS) is 12.0. The van der Waals surface area contributed by atoms with Gasteiger partial charge in [0.1, 0.15) is 0 Å². The summed E-state index contributed by atoms with van der Waals surface area (Å²) in [5.41, 5.74) is 1.13. The maximum atomic E-state index is 6.92. The lowest BCUT2D eigenvalue weighted by molar-refractivity contribution is 0.800. The highest BCUT2D eigenvalue weighted by atomic mass is 14.7. The molecule has 1 heteroatoms. The minimum atomic E-state index is 0.0520. The maximum absolute atomic E-state index is 6.92. The molecular weight excluding hydrogens is 134 g/mol. The first kappa shape index (κ1) is 7.81. The van der Waals surface area contributed by atoms with E-state index in [9.17, 15) is 0 Å². The van der Waals surface area contributed by atoms with E-state index in [1.165, 1.54) is 0 Å². The monoisotopic (exact) mass is 145 g/mol. The first-order chi connectivity index (χ1) is 5.38. The van der Waals surface area contributed by atoms with Crippen LogP contribution in [0, 0.1) is 6.57 Å². The molecule has 0 radical (unpaired) electrons. The van der Waals surface area contributed by atoms with Crippen LogP contribution in [0.15, 0.2) is 30.3 Å². The summed E-state index contributed by atoms with van der Waals surface area (Å²) in [4.78, 5) is 3.53. The topological polar surface area (TPSA) is 4.36 Å². The minimum absolute atomic E-state index is 0.0520. The molecule has 0 N–H and O–H groups in total. The molecule has 0 fully saturated rings. The summed E-state index contributed by atoms with van der Waals surface area (Å²) < 4.78 is 0. The fourth-order valence-corrected chi connectivity index (χ4v) is 1.08. The lowest BCUT2D eigenvalue weighted by Gasteiger charge is -2.00. The highest BCUT2D eigenvalue weighted by Crippen LogP contribution is 2.19. The summed E-state index contributed by atoms with van der Waals surface area (Å²) in [5.74, 6) is 0. The molecule has 1 nitrogen and oxygen atoms in total. The second kappa shape index (κ2) is 3.78. The van der Waals surface area contributed by atoms with Crippen molar-refractivity contribution in [1.29, 1.82) is 0 Å². The van der Waals surface area contributed by atoms with Crippen LogP contribution in [-0.4, -0.2) is 0 Å².